The molecule has 0 unspecified atom stereocenters. The second-order valence-corrected chi connectivity index (χ2v) is 5.83. The molecule has 2 N–H and O–H groups in total. The molecule has 0 aliphatic carbocycles. The van der Waals surface area contributed by atoms with Crippen molar-refractivity contribution < 1.29 is 9.84 Å². The first-order valence-electron chi connectivity index (χ1n) is 6.82. The summed E-state index contributed by atoms with van der Waals surface area (Å²) in [6, 6.07) is 2.22. The average molecular weight is 265 g/mol. The average Bonchev–Trinajstić information content (AvgIpc) is 2.33. The van der Waals surface area contributed by atoms with Gasteiger partial charge in [-0.1, -0.05) is 19.9 Å². The van der Waals surface area contributed by atoms with E-state index in [2.05, 4.69) is 46.0 Å². The summed E-state index contributed by atoms with van der Waals surface area (Å²) in [4.78, 5) is 0. The van der Waals surface area contributed by atoms with Crippen molar-refractivity contribution in [2.24, 2.45) is 0 Å². The van der Waals surface area contributed by atoms with E-state index in [1.54, 1.807) is 7.11 Å². The Labute approximate surface area is 117 Å². The highest BCUT2D eigenvalue weighted by Gasteiger charge is 2.27. The molecule has 0 aliphatic rings. The van der Waals surface area contributed by atoms with Crippen LogP contribution in [0.25, 0.3) is 0 Å². The SMILES string of the molecule is COc1c(C)c(C)cc(C)c1C(C)(C)CNCCO. The number of aryl methyl sites for hydroxylation is 2. The minimum atomic E-state index is -0.0386. The summed E-state index contributed by atoms with van der Waals surface area (Å²) < 4.78 is 5.65. The van der Waals surface area contributed by atoms with Crippen LogP contribution >= 0.6 is 0 Å². The molecule has 0 fully saturated rings. The molecule has 19 heavy (non-hydrogen) atoms. The van der Waals surface area contributed by atoms with Gasteiger partial charge in [0.1, 0.15) is 5.75 Å². The van der Waals surface area contributed by atoms with E-state index in [1.807, 2.05) is 0 Å². The molecule has 1 rings (SSSR count). The Morgan fingerprint density at radius 1 is 1.21 bits per heavy atom. The summed E-state index contributed by atoms with van der Waals surface area (Å²) in [7, 11) is 1.74. The number of hydrogen-bond acceptors (Lipinski definition) is 3. The standard InChI is InChI=1S/C16H27NO2/c1-11-9-12(2)14(15(19-6)13(11)3)16(4,5)10-17-7-8-18/h9,17-18H,7-8,10H2,1-6H3. The van der Waals surface area contributed by atoms with E-state index in [1.165, 1.54) is 22.3 Å². The molecule has 1 aromatic carbocycles. The molecule has 1 aromatic rings. The molecule has 108 valence electrons. The number of aliphatic hydroxyl groups is 1. The van der Waals surface area contributed by atoms with Gasteiger partial charge in [-0.25, -0.2) is 0 Å². The number of hydrogen-bond donors (Lipinski definition) is 2. The molecule has 0 amide bonds. The van der Waals surface area contributed by atoms with E-state index in [0.29, 0.717) is 6.54 Å². The van der Waals surface area contributed by atoms with Gasteiger partial charge in [0.05, 0.1) is 13.7 Å². The fourth-order valence-electron chi connectivity index (χ4n) is 2.72. The van der Waals surface area contributed by atoms with Crippen LogP contribution in [0.1, 0.15) is 36.1 Å². The molecule has 0 radical (unpaired) electrons. The van der Waals surface area contributed by atoms with Crippen LogP contribution in [0.5, 0.6) is 5.75 Å². The first kappa shape index (κ1) is 16.0. The quantitative estimate of drug-likeness (QED) is 0.776. The number of nitrogens with one attached hydrogen (secondary N) is 1. The smallest absolute Gasteiger partial charge is 0.126 e. The van der Waals surface area contributed by atoms with E-state index in [9.17, 15) is 0 Å². The van der Waals surface area contributed by atoms with Gasteiger partial charge in [-0.2, -0.15) is 0 Å². The third kappa shape index (κ3) is 3.48. The largest absolute Gasteiger partial charge is 0.496 e. The van der Waals surface area contributed by atoms with E-state index < -0.39 is 0 Å². The maximum atomic E-state index is 8.88. The predicted octanol–water partition coefficient (Wildman–Crippen LogP) is 2.48. The van der Waals surface area contributed by atoms with E-state index >= 15 is 0 Å². The molecule has 0 saturated carbocycles. The lowest BCUT2D eigenvalue weighted by molar-refractivity contribution is 0.285. The van der Waals surface area contributed by atoms with Crippen LogP contribution in [0, 0.1) is 20.8 Å². The normalized spacial score (nSPS) is 11.7. The lowest BCUT2D eigenvalue weighted by Gasteiger charge is -2.30. The summed E-state index contributed by atoms with van der Waals surface area (Å²) in [5, 5.41) is 12.2. The molecular weight excluding hydrogens is 238 g/mol. The third-order valence-electron chi connectivity index (χ3n) is 3.72. The zero-order chi connectivity index (χ0) is 14.6. The lowest BCUT2D eigenvalue weighted by atomic mass is 9.79. The summed E-state index contributed by atoms with van der Waals surface area (Å²) in [6.45, 7) is 12.4. The predicted molar refractivity (Wildman–Crippen MR) is 80.2 cm³/mol. The molecule has 0 atom stereocenters. The lowest BCUT2D eigenvalue weighted by Crippen LogP contribution is -2.35. The highest BCUT2D eigenvalue weighted by molar-refractivity contribution is 5.53. The monoisotopic (exact) mass is 265 g/mol. The van der Waals surface area contributed by atoms with Crippen LogP contribution in [0.15, 0.2) is 6.07 Å². The summed E-state index contributed by atoms with van der Waals surface area (Å²) in [6.07, 6.45) is 0. The molecule has 3 heteroatoms. The Bertz CT molecular complexity index is 439. The Balaban J connectivity index is 3.21. The Morgan fingerprint density at radius 3 is 2.37 bits per heavy atom. The van der Waals surface area contributed by atoms with Gasteiger partial charge in [-0.05, 0) is 37.5 Å². The van der Waals surface area contributed by atoms with E-state index in [-0.39, 0.29) is 12.0 Å². The molecule has 0 aliphatic heterocycles. The number of aliphatic hydroxyl groups excluding tert-OH is 1. The maximum Gasteiger partial charge on any atom is 0.126 e. The van der Waals surface area contributed by atoms with Crippen LogP contribution in [0.2, 0.25) is 0 Å². The maximum absolute atomic E-state index is 8.88. The zero-order valence-electron chi connectivity index (χ0n) is 13.1. The molecule has 0 heterocycles. The molecule has 3 nitrogen and oxygen atoms in total. The number of rotatable bonds is 6. The van der Waals surface area contributed by atoms with Crippen molar-refractivity contribution in [2.45, 2.75) is 40.0 Å². The third-order valence-corrected chi connectivity index (χ3v) is 3.72. The molecular formula is C16H27NO2. The van der Waals surface area contributed by atoms with Crippen molar-refractivity contribution in [3.63, 3.8) is 0 Å². The summed E-state index contributed by atoms with van der Waals surface area (Å²) in [5.41, 5.74) is 4.94. The fourth-order valence-corrected chi connectivity index (χ4v) is 2.72. The Hall–Kier alpha value is -1.06. The van der Waals surface area contributed by atoms with Gasteiger partial charge in [-0.3, -0.25) is 0 Å². The van der Waals surface area contributed by atoms with Crippen LogP contribution in [0.3, 0.4) is 0 Å². The second-order valence-electron chi connectivity index (χ2n) is 5.83. The molecule has 0 aromatic heterocycles. The first-order valence-corrected chi connectivity index (χ1v) is 6.82. The van der Waals surface area contributed by atoms with Crippen molar-refractivity contribution in [1.82, 2.24) is 5.32 Å². The van der Waals surface area contributed by atoms with Crippen molar-refractivity contribution in [3.05, 3.63) is 28.3 Å². The molecule has 0 spiro atoms. The minimum Gasteiger partial charge on any atom is -0.496 e. The van der Waals surface area contributed by atoms with E-state index in [4.69, 9.17) is 9.84 Å². The van der Waals surface area contributed by atoms with Crippen molar-refractivity contribution in [2.75, 3.05) is 26.8 Å². The van der Waals surface area contributed by atoms with Gasteiger partial charge in [0.15, 0.2) is 0 Å². The fraction of sp³-hybridized carbons (Fsp3) is 0.625. The molecule has 0 bridgehead atoms. The summed E-state index contributed by atoms with van der Waals surface area (Å²) in [5.74, 6) is 0.994. The highest BCUT2D eigenvalue weighted by Crippen LogP contribution is 2.37. The summed E-state index contributed by atoms with van der Waals surface area (Å²) >= 11 is 0. The van der Waals surface area contributed by atoms with Gasteiger partial charge >= 0.3 is 0 Å². The van der Waals surface area contributed by atoms with Crippen LogP contribution in [-0.2, 0) is 5.41 Å². The van der Waals surface area contributed by atoms with Gasteiger partial charge in [0.2, 0.25) is 0 Å². The highest BCUT2D eigenvalue weighted by atomic mass is 16.5. The number of ether oxygens (including phenoxy) is 1. The van der Waals surface area contributed by atoms with Crippen molar-refractivity contribution in [1.29, 1.82) is 0 Å². The Kier molecular flexibility index (Phi) is 5.39. The van der Waals surface area contributed by atoms with Crippen LogP contribution < -0.4 is 10.1 Å². The van der Waals surface area contributed by atoms with Crippen molar-refractivity contribution >= 4 is 0 Å². The van der Waals surface area contributed by atoms with Crippen LogP contribution in [0.4, 0.5) is 0 Å². The van der Waals surface area contributed by atoms with Gasteiger partial charge in [0, 0.05) is 24.1 Å². The van der Waals surface area contributed by atoms with E-state index in [0.717, 1.165) is 12.3 Å². The van der Waals surface area contributed by atoms with Crippen LogP contribution in [-0.4, -0.2) is 31.9 Å². The van der Waals surface area contributed by atoms with Crippen molar-refractivity contribution in [3.8, 4) is 5.75 Å². The second kappa shape index (κ2) is 6.40. The Morgan fingerprint density at radius 2 is 1.84 bits per heavy atom. The number of methoxy groups -OCH3 is 1. The van der Waals surface area contributed by atoms with Gasteiger partial charge < -0.3 is 15.2 Å². The van der Waals surface area contributed by atoms with Gasteiger partial charge in [0.25, 0.3) is 0 Å². The van der Waals surface area contributed by atoms with Gasteiger partial charge in [-0.15, -0.1) is 0 Å². The zero-order valence-corrected chi connectivity index (χ0v) is 13.1. The minimum absolute atomic E-state index is 0.0386. The molecule has 0 saturated heterocycles. The number of benzene rings is 1. The first-order chi connectivity index (χ1) is 8.85. The topological polar surface area (TPSA) is 41.5 Å².